The molecular formula is C15H13ClN4. The zero-order valence-corrected chi connectivity index (χ0v) is 11.4. The first-order chi connectivity index (χ1) is 9.63. The molecule has 0 aliphatic rings. The molecule has 0 saturated carbocycles. The molecule has 5 heteroatoms. The zero-order chi connectivity index (χ0) is 14.1. The van der Waals surface area contributed by atoms with Crippen molar-refractivity contribution in [3.63, 3.8) is 0 Å². The Morgan fingerprint density at radius 2 is 1.75 bits per heavy atom. The number of rotatable bonds is 2. The smallest absolute Gasteiger partial charge is 0.154 e. The van der Waals surface area contributed by atoms with E-state index in [4.69, 9.17) is 23.1 Å². The van der Waals surface area contributed by atoms with Crippen molar-refractivity contribution in [3.8, 4) is 0 Å². The summed E-state index contributed by atoms with van der Waals surface area (Å²) in [4.78, 5) is 4.51. The van der Waals surface area contributed by atoms with Crippen LogP contribution in [0, 0.1) is 0 Å². The van der Waals surface area contributed by atoms with Crippen LogP contribution in [-0.4, -0.2) is 4.98 Å². The molecule has 0 spiro atoms. The summed E-state index contributed by atoms with van der Waals surface area (Å²) in [5.41, 5.74) is 14.5. The third-order valence-electron chi connectivity index (χ3n) is 3.02. The van der Waals surface area contributed by atoms with Gasteiger partial charge in [-0.1, -0.05) is 29.8 Å². The molecule has 20 heavy (non-hydrogen) atoms. The van der Waals surface area contributed by atoms with E-state index >= 15 is 0 Å². The van der Waals surface area contributed by atoms with Gasteiger partial charge in [0.25, 0.3) is 0 Å². The number of para-hydroxylation sites is 1. The van der Waals surface area contributed by atoms with E-state index in [1.54, 1.807) is 12.1 Å². The predicted octanol–water partition coefficient (Wildman–Crippen LogP) is 3.80. The Hall–Kier alpha value is -2.46. The number of nitrogens with one attached hydrogen (secondary N) is 1. The van der Waals surface area contributed by atoms with Gasteiger partial charge in [-0.2, -0.15) is 0 Å². The number of aromatic nitrogens is 1. The van der Waals surface area contributed by atoms with E-state index in [-0.39, 0.29) is 0 Å². The Morgan fingerprint density at radius 1 is 0.950 bits per heavy atom. The number of fused-ring (bicyclic) bond motifs is 1. The first-order valence-corrected chi connectivity index (χ1v) is 6.48. The van der Waals surface area contributed by atoms with Crippen molar-refractivity contribution < 1.29 is 0 Å². The maximum Gasteiger partial charge on any atom is 0.154 e. The molecule has 0 radical (unpaired) electrons. The molecule has 1 heterocycles. The summed E-state index contributed by atoms with van der Waals surface area (Å²) in [6.45, 7) is 0. The van der Waals surface area contributed by atoms with Crippen molar-refractivity contribution in [2.75, 3.05) is 16.8 Å². The van der Waals surface area contributed by atoms with Crippen molar-refractivity contribution in [3.05, 3.63) is 53.6 Å². The lowest BCUT2D eigenvalue weighted by molar-refractivity contribution is 1.37. The molecule has 0 fully saturated rings. The van der Waals surface area contributed by atoms with Crippen LogP contribution in [0.3, 0.4) is 0 Å². The summed E-state index contributed by atoms with van der Waals surface area (Å²) in [6.07, 6.45) is 0. The molecule has 0 unspecified atom stereocenters. The Balaban J connectivity index is 2.01. The third kappa shape index (κ3) is 2.33. The summed E-state index contributed by atoms with van der Waals surface area (Å²) in [6, 6.07) is 15.0. The third-order valence-corrected chi connectivity index (χ3v) is 3.34. The van der Waals surface area contributed by atoms with E-state index in [1.165, 1.54) is 0 Å². The van der Waals surface area contributed by atoms with Gasteiger partial charge >= 0.3 is 0 Å². The van der Waals surface area contributed by atoms with Crippen molar-refractivity contribution in [2.45, 2.75) is 0 Å². The minimum Gasteiger partial charge on any atom is -0.398 e. The largest absolute Gasteiger partial charge is 0.398 e. The van der Waals surface area contributed by atoms with Gasteiger partial charge in [-0.25, -0.2) is 4.98 Å². The van der Waals surface area contributed by atoms with Gasteiger partial charge in [-0.3, -0.25) is 0 Å². The lowest BCUT2D eigenvalue weighted by atomic mass is 10.2. The Kier molecular flexibility index (Phi) is 3.08. The SMILES string of the molecule is Nc1ccc(Nc2nc3ccccc3cc2N)cc1Cl. The van der Waals surface area contributed by atoms with Crippen LogP contribution in [0.2, 0.25) is 5.02 Å². The molecule has 0 amide bonds. The van der Waals surface area contributed by atoms with Gasteiger partial charge in [0.1, 0.15) is 0 Å². The van der Waals surface area contributed by atoms with Crippen LogP contribution in [0.1, 0.15) is 0 Å². The molecule has 2 aromatic carbocycles. The quantitative estimate of drug-likeness (QED) is 0.626. The average molecular weight is 285 g/mol. The highest BCUT2D eigenvalue weighted by Crippen LogP contribution is 2.28. The average Bonchev–Trinajstić information content (AvgIpc) is 2.44. The number of benzene rings is 2. The normalized spacial score (nSPS) is 10.7. The number of nitrogens with zero attached hydrogens (tertiary/aromatic N) is 1. The van der Waals surface area contributed by atoms with Crippen LogP contribution in [0.4, 0.5) is 22.9 Å². The number of hydrogen-bond acceptors (Lipinski definition) is 4. The van der Waals surface area contributed by atoms with Crippen molar-refractivity contribution in [2.24, 2.45) is 0 Å². The van der Waals surface area contributed by atoms with E-state index in [0.717, 1.165) is 16.6 Å². The van der Waals surface area contributed by atoms with Crippen molar-refractivity contribution in [1.82, 2.24) is 4.98 Å². The highest BCUT2D eigenvalue weighted by atomic mass is 35.5. The summed E-state index contributed by atoms with van der Waals surface area (Å²) in [7, 11) is 0. The lowest BCUT2D eigenvalue weighted by Crippen LogP contribution is -2.00. The van der Waals surface area contributed by atoms with Crippen molar-refractivity contribution >= 4 is 45.4 Å². The van der Waals surface area contributed by atoms with Crippen LogP contribution >= 0.6 is 11.6 Å². The fourth-order valence-electron chi connectivity index (χ4n) is 1.97. The minimum absolute atomic E-state index is 0.495. The number of pyridine rings is 1. The minimum atomic E-state index is 0.495. The van der Waals surface area contributed by atoms with Crippen LogP contribution < -0.4 is 16.8 Å². The highest BCUT2D eigenvalue weighted by molar-refractivity contribution is 6.33. The topological polar surface area (TPSA) is 77.0 Å². The number of nitrogen functional groups attached to an aromatic ring is 2. The first-order valence-electron chi connectivity index (χ1n) is 6.11. The Morgan fingerprint density at radius 3 is 2.55 bits per heavy atom. The second-order valence-electron chi connectivity index (χ2n) is 4.48. The molecule has 0 atom stereocenters. The second kappa shape index (κ2) is 4.90. The standard InChI is InChI=1S/C15H13ClN4/c16-11-8-10(5-6-12(11)17)19-15-13(18)7-9-3-1-2-4-14(9)20-15/h1-8H,17-18H2,(H,19,20). The Labute approximate surface area is 121 Å². The Bertz CT molecular complexity index is 786. The van der Waals surface area contributed by atoms with Gasteiger partial charge < -0.3 is 16.8 Å². The molecule has 1 aromatic heterocycles. The zero-order valence-electron chi connectivity index (χ0n) is 10.6. The maximum absolute atomic E-state index is 6.02. The molecule has 0 aliphatic carbocycles. The monoisotopic (exact) mass is 284 g/mol. The van der Waals surface area contributed by atoms with Gasteiger partial charge in [0, 0.05) is 11.1 Å². The fourth-order valence-corrected chi connectivity index (χ4v) is 2.15. The summed E-state index contributed by atoms with van der Waals surface area (Å²) < 4.78 is 0. The summed E-state index contributed by atoms with van der Waals surface area (Å²) in [5.74, 6) is 0.601. The second-order valence-corrected chi connectivity index (χ2v) is 4.89. The molecule has 4 nitrogen and oxygen atoms in total. The maximum atomic E-state index is 6.02. The van der Waals surface area contributed by atoms with Gasteiger partial charge in [0.2, 0.25) is 0 Å². The summed E-state index contributed by atoms with van der Waals surface area (Å²) in [5, 5.41) is 4.66. The summed E-state index contributed by atoms with van der Waals surface area (Å²) >= 11 is 6.00. The molecule has 100 valence electrons. The molecule has 0 bridgehead atoms. The van der Waals surface area contributed by atoms with E-state index in [2.05, 4.69) is 10.3 Å². The molecule has 5 N–H and O–H groups in total. The number of halogens is 1. The molecule has 3 aromatic rings. The molecule has 0 aliphatic heterocycles. The molecule has 3 rings (SSSR count). The van der Waals surface area contributed by atoms with Gasteiger partial charge in [0.05, 0.1) is 21.9 Å². The van der Waals surface area contributed by atoms with Crippen LogP contribution in [0.15, 0.2) is 48.5 Å². The molecule has 0 saturated heterocycles. The van der Waals surface area contributed by atoms with Crippen LogP contribution in [0.5, 0.6) is 0 Å². The number of hydrogen-bond donors (Lipinski definition) is 3. The lowest BCUT2D eigenvalue weighted by Gasteiger charge is -2.10. The van der Waals surface area contributed by atoms with E-state index < -0.39 is 0 Å². The number of anilines is 4. The van der Waals surface area contributed by atoms with Crippen molar-refractivity contribution in [1.29, 1.82) is 0 Å². The van der Waals surface area contributed by atoms with Crippen LogP contribution in [0.25, 0.3) is 10.9 Å². The van der Waals surface area contributed by atoms with Gasteiger partial charge in [-0.05, 0) is 30.3 Å². The highest BCUT2D eigenvalue weighted by Gasteiger charge is 2.05. The van der Waals surface area contributed by atoms with E-state index in [0.29, 0.717) is 22.2 Å². The predicted molar refractivity (Wildman–Crippen MR) is 85.3 cm³/mol. The van der Waals surface area contributed by atoms with E-state index in [1.807, 2.05) is 36.4 Å². The molecular weight excluding hydrogens is 272 g/mol. The van der Waals surface area contributed by atoms with Crippen LogP contribution in [-0.2, 0) is 0 Å². The number of nitrogens with two attached hydrogens (primary N) is 2. The van der Waals surface area contributed by atoms with E-state index in [9.17, 15) is 0 Å². The van der Waals surface area contributed by atoms with Gasteiger partial charge in [-0.15, -0.1) is 0 Å². The fraction of sp³-hybridized carbons (Fsp3) is 0. The van der Waals surface area contributed by atoms with Gasteiger partial charge in [0.15, 0.2) is 5.82 Å². The first kappa shape index (κ1) is 12.6.